The number of aliphatic carboxylic acids is 2. The lowest BCUT2D eigenvalue weighted by atomic mass is 9.50. The van der Waals surface area contributed by atoms with E-state index < -0.39 is 116 Å². The van der Waals surface area contributed by atoms with Crippen LogP contribution < -0.4 is 18.9 Å². The number of benzene rings is 6. The molecule has 0 saturated carbocycles. The Bertz CT molecular complexity index is 5350. The molecule has 16 aliphatic rings. The summed E-state index contributed by atoms with van der Waals surface area (Å²) in [5, 5.41) is 107. The van der Waals surface area contributed by atoms with Gasteiger partial charge in [0, 0.05) is 94.4 Å². The number of ether oxygens (including phenoxy) is 8. The number of carbonyl (C=O) groups excluding carboxylic acids is 4. The summed E-state index contributed by atoms with van der Waals surface area (Å²) in [6.07, 6.45) is 10.9. The first-order valence-electron chi connectivity index (χ1n) is 44.9. The van der Waals surface area contributed by atoms with Gasteiger partial charge in [-0.05, 0) is 177 Å². The predicted molar refractivity (Wildman–Crippen MR) is 460 cm³/mol. The number of aliphatic hydroxyl groups is 8. The quantitative estimate of drug-likeness (QED) is 0.0289. The van der Waals surface area contributed by atoms with Gasteiger partial charge in [0.15, 0.2) is 24.4 Å². The third kappa shape index (κ3) is 12.5. The van der Waals surface area contributed by atoms with Crippen molar-refractivity contribution in [3.63, 3.8) is 0 Å². The lowest BCUT2D eigenvalue weighted by Crippen LogP contribution is -2.74. The number of esters is 4. The SMILES string of the molecule is C[C@@H](C(=O)OC1=CC[C@@]2(O)[C@H]3Cc4ccc(CO)c5c4C2(CCN3C)C1O5)c1ccccc1.C[C@@H](CC(=O)OC1=CC[C@@]2(O)[C@H]3Cc4ccc(CO)c5c4C2(CCN3C)C1O5)C(=O)O.C[C@H](C(=O)OC1=CC[C@@]2(O)[C@H]3Cc4ccc(CO)c5c4C2(CCN3C)C1O5)c1ccccc1.C[C@H](CC(=O)OC1=CC[C@@]2(O)[C@H]3Cc4ccc(CO)c5c4C2(CCN3C)C1O5)C(=O)O. The number of aliphatic hydroxyl groups excluding tert-OH is 4. The van der Waals surface area contributed by atoms with Crippen LogP contribution in [0.25, 0.3) is 0 Å². The van der Waals surface area contributed by atoms with Gasteiger partial charge >= 0.3 is 35.8 Å². The number of piperidine rings is 4. The molecule has 22 rings (SSSR count). The molecule has 8 heterocycles. The molecule has 0 amide bonds. The molecule has 0 aromatic heterocycles. The molecule has 8 unspecified atom stereocenters. The van der Waals surface area contributed by atoms with E-state index >= 15 is 0 Å². The Hall–Kier alpha value is -10.2. The summed E-state index contributed by atoms with van der Waals surface area (Å²) in [6.45, 7) is 9.08. The van der Waals surface area contributed by atoms with Crippen molar-refractivity contribution in [1.29, 1.82) is 0 Å². The van der Waals surface area contributed by atoms with Crippen LogP contribution >= 0.6 is 0 Å². The molecule has 10 N–H and O–H groups in total. The molecule has 676 valence electrons. The normalized spacial score (nSPS) is 33.1. The molecule has 8 aliphatic carbocycles. The summed E-state index contributed by atoms with van der Waals surface area (Å²) >= 11 is 0. The smallest absolute Gasteiger partial charge is 0.318 e. The van der Waals surface area contributed by atoms with Crippen molar-refractivity contribution in [3.8, 4) is 23.0 Å². The van der Waals surface area contributed by atoms with Crippen LogP contribution in [0.2, 0.25) is 0 Å². The summed E-state index contributed by atoms with van der Waals surface area (Å²) in [6, 6.07) is 34.5. The Morgan fingerprint density at radius 1 is 0.367 bits per heavy atom. The van der Waals surface area contributed by atoms with Gasteiger partial charge in [0.05, 0.1) is 107 Å². The van der Waals surface area contributed by atoms with Crippen molar-refractivity contribution in [3.05, 3.63) is 234 Å². The van der Waals surface area contributed by atoms with Gasteiger partial charge in [-0.1, -0.05) is 123 Å². The van der Waals surface area contributed by atoms with Crippen LogP contribution in [0.3, 0.4) is 0 Å². The van der Waals surface area contributed by atoms with Gasteiger partial charge in [0.25, 0.3) is 0 Å². The Kier molecular flexibility index (Phi) is 21.7. The summed E-state index contributed by atoms with van der Waals surface area (Å²) < 4.78 is 49.1. The maximum Gasteiger partial charge on any atom is 0.318 e. The Morgan fingerprint density at radius 2 is 0.609 bits per heavy atom. The first-order valence-corrected chi connectivity index (χ1v) is 44.9. The topological polar surface area (TPSA) is 392 Å². The molecule has 4 saturated heterocycles. The van der Waals surface area contributed by atoms with E-state index in [9.17, 15) is 69.6 Å². The number of hydrogen-bond acceptors (Lipinski definition) is 26. The van der Waals surface area contributed by atoms with E-state index in [4.69, 9.17) is 48.1 Å². The number of carboxylic acid groups (broad SMARTS) is 2. The largest absolute Gasteiger partial charge is 0.481 e. The monoisotopic (exact) mass is 1750 g/mol. The lowest BCUT2D eigenvalue weighted by molar-refractivity contribution is -0.170. The van der Waals surface area contributed by atoms with Crippen LogP contribution in [0.15, 0.2) is 157 Å². The zero-order chi connectivity index (χ0) is 90.2. The van der Waals surface area contributed by atoms with E-state index in [1.54, 1.807) is 12.2 Å². The van der Waals surface area contributed by atoms with Crippen molar-refractivity contribution >= 4 is 35.8 Å². The highest BCUT2D eigenvalue weighted by molar-refractivity contribution is 5.82. The van der Waals surface area contributed by atoms with Gasteiger partial charge in [-0.25, -0.2) is 0 Å². The third-order valence-corrected chi connectivity index (χ3v) is 32.5. The van der Waals surface area contributed by atoms with Crippen molar-refractivity contribution in [1.82, 2.24) is 19.6 Å². The average Bonchev–Trinajstić information content (AvgIpc) is 1.48. The van der Waals surface area contributed by atoms with E-state index in [1.807, 2.05) is 137 Å². The maximum absolute atomic E-state index is 13.1. The third-order valence-electron chi connectivity index (χ3n) is 32.5. The van der Waals surface area contributed by atoms with Gasteiger partial charge in [-0.3, -0.25) is 28.8 Å². The minimum Gasteiger partial charge on any atom is -0.481 e. The number of likely N-dealkylation sites (tertiary alicyclic amines) is 4. The predicted octanol–water partition coefficient (Wildman–Crippen LogP) is 7.83. The van der Waals surface area contributed by atoms with Crippen molar-refractivity contribution < 1.29 is 118 Å². The minimum atomic E-state index is -1.10. The number of hydrogen-bond donors (Lipinski definition) is 10. The number of rotatable bonds is 18. The van der Waals surface area contributed by atoms with E-state index in [2.05, 4.69) is 45.8 Å². The number of carbonyl (C=O) groups is 6. The van der Waals surface area contributed by atoms with E-state index in [0.29, 0.717) is 132 Å². The van der Waals surface area contributed by atoms with Gasteiger partial charge in [-0.15, -0.1) is 0 Å². The molecule has 4 fully saturated rings. The van der Waals surface area contributed by atoms with Gasteiger partial charge < -0.3 is 109 Å². The zero-order valence-electron chi connectivity index (χ0n) is 73.2. The molecule has 128 heavy (non-hydrogen) atoms. The number of nitrogens with zero attached hydrogens (tertiary/aromatic N) is 4. The molecule has 6 aromatic rings. The van der Waals surface area contributed by atoms with Crippen LogP contribution in [0.1, 0.15) is 182 Å². The standard InChI is InChI=1S/2C27H29NO5.2C23H27NO7/c2*1-16(17-6-4-3-5-7-17)25(30)32-20-10-11-27(31)21-14-18-8-9-19(15-29)23-22(18)26(27,24(20)33-23)12-13-28(21)2;2*1-12(21(27)28)9-17(26)30-15-5-6-23(29)16-10-13-3-4-14(11-25)19-18(13)22(23,20(15)31-19)7-8-24(16)2/h2*3-10,16,21,24,29,31H,11-15H2,1-2H3;2*3-5,12,16,20,25,29H,6-11H2,1-2H3,(H,27,28)/t16-,21+,24?,26?,27+;16-,21-,24?,26?,27-;12-,16+,20?,22?,23+;12-,16-,20?,22?,23-/m0101/s1. The molecule has 0 radical (unpaired) electrons. The van der Waals surface area contributed by atoms with Crippen LogP contribution in [0.5, 0.6) is 23.0 Å². The highest BCUT2D eigenvalue weighted by atomic mass is 16.6. The summed E-state index contributed by atoms with van der Waals surface area (Å²) in [7, 11) is 8.16. The van der Waals surface area contributed by atoms with Gasteiger partial charge in [0.2, 0.25) is 0 Å². The molecule has 6 aromatic carbocycles. The fraction of sp³-hybridized carbons (Fsp3) is 0.500. The molecule has 8 bridgehead atoms. The second-order valence-electron chi connectivity index (χ2n) is 38.5. The Labute approximate surface area is 741 Å². The molecule has 8 aliphatic heterocycles. The molecular formula is C100H112N4O24. The van der Waals surface area contributed by atoms with E-state index in [-0.39, 0.29) is 75.4 Å². The van der Waals surface area contributed by atoms with Gasteiger partial charge in [0.1, 0.15) is 46.0 Å². The fourth-order valence-corrected chi connectivity index (χ4v) is 25.7. The van der Waals surface area contributed by atoms with Crippen LogP contribution in [-0.4, -0.2) is 232 Å². The van der Waals surface area contributed by atoms with Crippen LogP contribution in [-0.2, 0) is 121 Å². The highest BCUT2D eigenvalue weighted by Gasteiger charge is 2.77. The van der Waals surface area contributed by atoms with Crippen molar-refractivity contribution in [2.75, 3.05) is 54.4 Å². The lowest BCUT2D eigenvalue weighted by Gasteiger charge is -2.61. The van der Waals surface area contributed by atoms with Crippen LogP contribution in [0, 0.1) is 11.8 Å². The van der Waals surface area contributed by atoms with E-state index in [1.165, 1.54) is 13.8 Å². The highest BCUT2D eigenvalue weighted by Crippen LogP contribution is 2.70. The summed E-state index contributed by atoms with van der Waals surface area (Å²) in [4.78, 5) is 82.3. The maximum atomic E-state index is 13.1. The second kappa shape index (κ2) is 31.8. The molecular weight excluding hydrogens is 1640 g/mol. The summed E-state index contributed by atoms with van der Waals surface area (Å²) in [5.41, 5.74) is 5.63. The Balaban J connectivity index is 0.000000111. The Morgan fingerprint density at radius 3 is 0.844 bits per heavy atom. The van der Waals surface area contributed by atoms with Crippen molar-refractivity contribution in [2.45, 2.75) is 248 Å². The van der Waals surface area contributed by atoms with Gasteiger partial charge in [-0.2, -0.15) is 0 Å². The minimum absolute atomic E-state index is 0.0486. The molecule has 28 nitrogen and oxygen atoms in total. The molecule has 4 spiro atoms. The number of likely N-dealkylation sites (N-methyl/N-ethyl adjacent to an activating group) is 4. The molecule has 20 atom stereocenters. The first kappa shape index (κ1) is 87.2. The second-order valence-corrected chi connectivity index (χ2v) is 38.5. The molecule has 28 heteroatoms. The average molecular weight is 1750 g/mol. The van der Waals surface area contributed by atoms with Crippen LogP contribution in [0.4, 0.5) is 0 Å². The summed E-state index contributed by atoms with van der Waals surface area (Å²) in [5.74, 6) is -2.56. The first-order chi connectivity index (χ1) is 61.3. The van der Waals surface area contributed by atoms with Crippen molar-refractivity contribution in [2.24, 2.45) is 11.8 Å². The van der Waals surface area contributed by atoms with E-state index in [0.717, 1.165) is 94.7 Å². The zero-order valence-corrected chi connectivity index (χ0v) is 73.2. The number of carboxylic acids is 2. The fourth-order valence-electron chi connectivity index (χ4n) is 25.7.